The summed E-state index contributed by atoms with van der Waals surface area (Å²) in [6.45, 7) is 0. The first-order chi connectivity index (χ1) is 20.4. The Morgan fingerprint density at radius 2 is 1.70 bits per heavy atom. The third-order valence-corrected chi connectivity index (χ3v) is 6.22. The number of anilines is 1. The topological polar surface area (TPSA) is 113 Å². The molecule has 2 amide bonds. The Kier molecular flexibility index (Phi) is 9.60. The summed E-state index contributed by atoms with van der Waals surface area (Å²) in [4.78, 5) is 28.6. The number of alkyl halides is 5. The van der Waals surface area contributed by atoms with E-state index >= 15 is 4.39 Å². The summed E-state index contributed by atoms with van der Waals surface area (Å²) in [7, 11) is 0. The zero-order valence-corrected chi connectivity index (χ0v) is 24.7. The van der Waals surface area contributed by atoms with E-state index < -0.39 is 69.2 Å². The molecule has 1 heterocycles. The summed E-state index contributed by atoms with van der Waals surface area (Å²) in [5.74, 6) is -8.07. The van der Waals surface area contributed by atoms with Crippen LogP contribution in [0.15, 0.2) is 54.7 Å². The number of hydrogen-bond acceptors (Lipinski definition) is 9. The summed E-state index contributed by atoms with van der Waals surface area (Å²) in [5, 5.41) is 2.38. The molecule has 44 heavy (non-hydrogen) atoms. The summed E-state index contributed by atoms with van der Waals surface area (Å²) in [6, 6.07) is 7.20. The van der Waals surface area contributed by atoms with Gasteiger partial charge in [0, 0.05) is 30.8 Å². The molecule has 3 aromatic rings. The number of allylic oxidation sites excluding steroid dienone is 2. The SMILES string of the molecule is NC(=O)c1cc(NC(=O)c2c(F)cc(C3=CCC(F)(F)CC3)cc2Oc2ccc(OC(F)(F)F)cc2OC(S)(S)S)ccn1. The van der Waals surface area contributed by atoms with Crippen LogP contribution in [0.5, 0.6) is 23.0 Å². The number of primary amides is 1. The highest BCUT2D eigenvalue weighted by Crippen LogP contribution is 2.43. The van der Waals surface area contributed by atoms with E-state index in [9.17, 15) is 31.5 Å². The average Bonchev–Trinajstić information content (AvgIpc) is 2.88. The summed E-state index contributed by atoms with van der Waals surface area (Å²) in [5.41, 5.74) is 4.79. The summed E-state index contributed by atoms with van der Waals surface area (Å²) < 4.78 is 95.0. The Morgan fingerprint density at radius 3 is 2.32 bits per heavy atom. The first-order valence-electron chi connectivity index (χ1n) is 12.3. The molecule has 0 bridgehead atoms. The second-order valence-electron chi connectivity index (χ2n) is 9.30. The number of nitrogens with two attached hydrogens (primary N) is 1. The van der Waals surface area contributed by atoms with Gasteiger partial charge >= 0.3 is 6.36 Å². The van der Waals surface area contributed by atoms with Gasteiger partial charge in [-0.15, -0.1) is 51.1 Å². The quantitative estimate of drug-likeness (QED) is 0.0928. The second-order valence-corrected chi connectivity index (χ2v) is 12.3. The lowest BCUT2D eigenvalue weighted by Crippen LogP contribution is -2.19. The first kappa shape index (κ1) is 33.2. The molecule has 17 heteroatoms. The molecule has 0 spiro atoms. The Morgan fingerprint density at radius 1 is 0.977 bits per heavy atom. The molecule has 1 aliphatic carbocycles. The van der Waals surface area contributed by atoms with Crippen molar-refractivity contribution in [2.24, 2.45) is 5.73 Å². The Hall–Kier alpha value is -3.70. The maximum atomic E-state index is 15.7. The number of carbonyl (C=O) groups is 2. The number of pyridine rings is 1. The van der Waals surface area contributed by atoms with Crippen LogP contribution >= 0.6 is 37.9 Å². The number of rotatable bonds is 9. The third-order valence-electron chi connectivity index (χ3n) is 5.94. The predicted molar refractivity (Wildman–Crippen MR) is 157 cm³/mol. The number of ether oxygens (including phenoxy) is 3. The van der Waals surface area contributed by atoms with Gasteiger partial charge in [0.15, 0.2) is 11.5 Å². The van der Waals surface area contributed by atoms with Crippen molar-refractivity contribution in [3.05, 3.63) is 77.4 Å². The minimum Gasteiger partial charge on any atom is -0.455 e. The highest BCUT2D eigenvalue weighted by atomic mass is 32.2. The molecule has 1 aromatic heterocycles. The normalized spacial score (nSPS) is 14.8. The van der Waals surface area contributed by atoms with E-state index in [4.69, 9.17) is 15.2 Å². The molecule has 0 radical (unpaired) electrons. The molecule has 0 unspecified atom stereocenters. The summed E-state index contributed by atoms with van der Waals surface area (Å²) in [6.07, 6.45) is -3.88. The maximum absolute atomic E-state index is 15.7. The Labute approximate surface area is 262 Å². The highest BCUT2D eigenvalue weighted by molar-refractivity contribution is 8.16. The van der Waals surface area contributed by atoms with Crippen LogP contribution in [-0.4, -0.2) is 32.7 Å². The molecule has 0 saturated heterocycles. The number of aromatic nitrogens is 1. The zero-order valence-electron chi connectivity index (χ0n) is 22.0. The van der Waals surface area contributed by atoms with Gasteiger partial charge in [0.05, 0.1) is 0 Å². The maximum Gasteiger partial charge on any atom is 0.573 e. The molecule has 0 saturated carbocycles. The van der Waals surface area contributed by atoms with Crippen molar-refractivity contribution >= 4 is 61.0 Å². The lowest BCUT2D eigenvalue weighted by molar-refractivity contribution is -0.274. The van der Waals surface area contributed by atoms with Crippen molar-refractivity contribution in [2.75, 3.05) is 5.32 Å². The van der Waals surface area contributed by atoms with Crippen molar-refractivity contribution in [1.29, 1.82) is 0 Å². The molecule has 234 valence electrons. The number of carbonyl (C=O) groups excluding carboxylic acids is 2. The number of halogens is 6. The van der Waals surface area contributed by atoms with Gasteiger partial charge in [-0.3, -0.25) is 14.6 Å². The van der Waals surface area contributed by atoms with Crippen molar-refractivity contribution in [3.8, 4) is 23.0 Å². The largest absolute Gasteiger partial charge is 0.573 e. The lowest BCUT2D eigenvalue weighted by atomic mass is 9.90. The van der Waals surface area contributed by atoms with Crippen LogP contribution < -0.4 is 25.3 Å². The van der Waals surface area contributed by atoms with Crippen LogP contribution in [0, 0.1) is 5.82 Å². The summed E-state index contributed by atoms with van der Waals surface area (Å²) >= 11 is 11.9. The highest BCUT2D eigenvalue weighted by Gasteiger charge is 2.33. The van der Waals surface area contributed by atoms with Gasteiger partial charge in [-0.2, -0.15) is 0 Å². The number of hydrogen-bond donors (Lipinski definition) is 5. The van der Waals surface area contributed by atoms with Gasteiger partial charge in [-0.05, 0) is 54.0 Å². The Balaban J connectivity index is 1.80. The monoisotopic (exact) mass is 677 g/mol. The van der Waals surface area contributed by atoms with Crippen molar-refractivity contribution in [2.45, 2.75) is 35.1 Å². The molecule has 8 nitrogen and oxygen atoms in total. The molecule has 1 aliphatic rings. The predicted octanol–water partition coefficient (Wildman–Crippen LogP) is 7.24. The van der Waals surface area contributed by atoms with Gasteiger partial charge in [-0.1, -0.05) is 6.08 Å². The van der Waals surface area contributed by atoms with Gasteiger partial charge < -0.3 is 25.3 Å². The molecule has 2 aromatic carbocycles. The fourth-order valence-corrected chi connectivity index (χ4v) is 4.37. The standard InChI is InChI=1S/C27H21F6N3O5S3/c28-17-9-14(13-3-6-25(29,30)7-4-13)10-21(22(17)24(38)36-15-5-8-35-18(11-15)23(34)37)39-19-2-1-16(40-26(31,32)33)12-20(19)41-27(42,43)44/h1-3,5,8-12,42-44H,4,6-7H2,(H2,34,37)(H,35,36,38). The second kappa shape index (κ2) is 12.7. The number of thiol groups is 3. The van der Waals surface area contributed by atoms with Crippen molar-refractivity contribution in [1.82, 2.24) is 4.98 Å². The van der Waals surface area contributed by atoms with Crippen LogP contribution in [0.25, 0.3) is 5.57 Å². The van der Waals surface area contributed by atoms with Crippen LogP contribution in [0.1, 0.15) is 45.7 Å². The van der Waals surface area contributed by atoms with Crippen molar-refractivity contribution < 1.29 is 50.1 Å². The average molecular weight is 678 g/mol. The number of benzene rings is 2. The fraction of sp³-hybridized carbons (Fsp3) is 0.222. The van der Waals surface area contributed by atoms with Gasteiger partial charge in [0.2, 0.25) is 3.60 Å². The van der Waals surface area contributed by atoms with Gasteiger partial charge in [0.1, 0.15) is 28.6 Å². The van der Waals surface area contributed by atoms with E-state index in [0.29, 0.717) is 5.57 Å². The zero-order chi connectivity index (χ0) is 32.4. The number of amides is 2. The molecular formula is C27H21F6N3O5S3. The molecule has 0 aliphatic heterocycles. The van der Waals surface area contributed by atoms with Crippen LogP contribution in [0.4, 0.5) is 32.0 Å². The van der Waals surface area contributed by atoms with Gasteiger partial charge in [-0.25, -0.2) is 13.2 Å². The lowest BCUT2D eigenvalue weighted by Gasteiger charge is -2.23. The van der Waals surface area contributed by atoms with E-state index in [1.54, 1.807) is 0 Å². The first-order valence-corrected chi connectivity index (χ1v) is 13.6. The van der Waals surface area contributed by atoms with Crippen molar-refractivity contribution in [3.63, 3.8) is 0 Å². The molecule has 0 atom stereocenters. The van der Waals surface area contributed by atoms with E-state index in [-0.39, 0.29) is 29.1 Å². The van der Waals surface area contributed by atoms with Crippen LogP contribution in [0.3, 0.4) is 0 Å². The smallest absolute Gasteiger partial charge is 0.455 e. The number of nitrogens with one attached hydrogen (secondary N) is 1. The minimum atomic E-state index is -5.06. The number of nitrogens with zero attached hydrogens (tertiary/aromatic N) is 1. The van der Waals surface area contributed by atoms with E-state index in [0.717, 1.165) is 30.3 Å². The molecule has 4 rings (SSSR count). The van der Waals surface area contributed by atoms with E-state index in [1.807, 2.05) is 0 Å². The van der Waals surface area contributed by atoms with Crippen LogP contribution in [-0.2, 0) is 0 Å². The Bertz CT molecular complexity index is 1630. The van der Waals surface area contributed by atoms with E-state index in [2.05, 4.69) is 52.9 Å². The minimum absolute atomic E-state index is 0.00752. The third kappa shape index (κ3) is 8.92. The molecule has 0 fully saturated rings. The fourth-order valence-electron chi connectivity index (χ4n) is 4.08. The van der Waals surface area contributed by atoms with Crippen LogP contribution in [0.2, 0.25) is 0 Å². The van der Waals surface area contributed by atoms with Gasteiger partial charge in [0.25, 0.3) is 17.7 Å². The molecule has 3 N–H and O–H groups in total. The van der Waals surface area contributed by atoms with E-state index in [1.165, 1.54) is 24.4 Å². The molecular weight excluding hydrogens is 657 g/mol.